The van der Waals surface area contributed by atoms with Gasteiger partial charge in [-0.2, -0.15) is 0 Å². The maximum absolute atomic E-state index is 12.6. The molecule has 0 fully saturated rings. The van der Waals surface area contributed by atoms with Crippen molar-refractivity contribution in [2.24, 2.45) is 0 Å². The summed E-state index contributed by atoms with van der Waals surface area (Å²) in [6.07, 6.45) is 4.66. The molecule has 0 amide bonds. The fourth-order valence-corrected chi connectivity index (χ4v) is 3.40. The molecule has 0 unspecified atom stereocenters. The van der Waals surface area contributed by atoms with Gasteiger partial charge in [0.25, 0.3) is 10.0 Å². The third kappa shape index (κ3) is 4.34. The summed E-state index contributed by atoms with van der Waals surface area (Å²) in [6.45, 7) is 9.29. The fraction of sp³-hybridized carbons (Fsp3) is 0.333. The van der Waals surface area contributed by atoms with E-state index < -0.39 is 10.0 Å². The number of aromatic nitrogens is 3. The molecule has 0 aliphatic rings. The summed E-state index contributed by atoms with van der Waals surface area (Å²) in [4.78, 5) is 7.93. The largest absolute Gasteiger partial charge is 0.264 e. The van der Waals surface area contributed by atoms with Gasteiger partial charge in [0, 0.05) is 6.20 Å². The summed E-state index contributed by atoms with van der Waals surface area (Å²) >= 11 is 11.7. The highest BCUT2D eigenvalue weighted by Gasteiger charge is 2.21. The number of halogens is 2. The van der Waals surface area contributed by atoms with E-state index in [4.69, 9.17) is 23.2 Å². The van der Waals surface area contributed by atoms with Crippen LogP contribution in [0.5, 0.6) is 0 Å². The fourth-order valence-electron chi connectivity index (χ4n) is 1.68. The van der Waals surface area contributed by atoms with Crippen LogP contribution in [0.15, 0.2) is 34.9 Å². The van der Waals surface area contributed by atoms with Crippen LogP contribution in [0.2, 0.25) is 10.4 Å². The average molecular weight is 376 g/mol. The summed E-state index contributed by atoms with van der Waals surface area (Å²) < 4.78 is 26.2. The summed E-state index contributed by atoms with van der Waals surface area (Å²) in [6, 6.07) is 1.53. The Morgan fingerprint density at radius 3 is 2.30 bits per heavy atom. The van der Waals surface area contributed by atoms with Crippen molar-refractivity contribution in [3.63, 3.8) is 0 Å². The van der Waals surface area contributed by atoms with E-state index in [0.29, 0.717) is 5.52 Å². The lowest BCUT2D eigenvalue weighted by atomic mass is 10.3. The molecule has 0 N–H and O–H groups in total. The van der Waals surface area contributed by atoms with Crippen LogP contribution in [0, 0.1) is 0 Å². The van der Waals surface area contributed by atoms with Crippen molar-refractivity contribution >= 4 is 44.3 Å². The predicted octanol–water partition coefficient (Wildman–Crippen LogP) is 4.81. The first-order valence-electron chi connectivity index (χ1n) is 7.01. The van der Waals surface area contributed by atoms with Crippen molar-refractivity contribution in [2.45, 2.75) is 34.6 Å². The molecule has 23 heavy (non-hydrogen) atoms. The summed E-state index contributed by atoms with van der Waals surface area (Å²) in [5, 5.41) is -0.0342. The zero-order chi connectivity index (χ0) is 17.8. The second-order valence-corrected chi connectivity index (χ2v) is 7.34. The topological polar surface area (TPSA) is 64.8 Å². The van der Waals surface area contributed by atoms with Crippen LogP contribution in [0.1, 0.15) is 34.6 Å². The minimum Gasteiger partial charge on any atom is -0.237 e. The predicted molar refractivity (Wildman–Crippen MR) is 96.4 cm³/mol. The highest BCUT2D eigenvalue weighted by atomic mass is 35.5. The second kappa shape index (κ2) is 7.95. The van der Waals surface area contributed by atoms with Gasteiger partial charge in [-0.25, -0.2) is 22.4 Å². The number of fused-ring (bicyclic) bond motifs is 1. The normalized spacial score (nSPS) is 11.9. The zero-order valence-electron chi connectivity index (χ0n) is 13.6. The molecule has 2 rings (SSSR count). The second-order valence-electron chi connectivity index (χ2n) is 4.66. The number of nitrogens with zero attached hydrogens (tertiary/aromatic N) is 3. The maximum Gasteiger partial charge on any atom is 0.264 e. The first-order valence-corrected chi connectivity index (χ1v) is 9.20. The van der Waals surface area contributed by atoms with Crippen molar-refractivity contribution in [3.05, 3.63) is 45.3 Å². The van der Waals surface area contributed by atoms with Crippen LogP contribution in [0.3, 0.4) is 0 Å². The van der Waals surface area contributed by atoms with Crippen molar-refractivity contribution in [1.29, 1.82) is 0 Å². The van der Waals surface area contributed by atoms with Gasteiger partial charge in [-0.3, -0.25) is 0 Å². The lowest BCUT2D eigenvalue weighted by molar-refractivity contribution is 0.595. The molecule has 126 valence electrons. The SMILES string of the molecule is CC.CC(C)=C/C=C(\C)S(=O)(=O)n1ccc2nc(Cl)nc(Cl)c21. The van der Waals surface area contributed by atoms with Crippen molar-refractivity contribution in [1.82, 2.24) is 13.9 Å². The molecule has 8 heteroatoms. The molecule has 0 aromatic carbocycles. The van der Waals surface area contributed by atoms with Gasteiger partial charge < -0.3 is 0 Å². The molecule has 0 radical (unpaired) electrons. The van der Waals surface area contributed by atoms with Gasteiger partial charge >= 0.3 is 0 Å². The molecule has 0 atom stereocenters. The first-order chi connectivity index (χ1) is 10.7. The molecule has 0 aliphatic carbocycles. The van der Waals surface area contributed by atoms with Gasteiger partial charge in [0.05, 0.1) is 10.4 Å². The van der Waals surface area contributed by atoms with Gasteiger partial charge in [-0.1, -0.05) is 37.1 Å². The van der Waals surface area contributed by atoms with Gasteiger partial charge in [0.2, 0.25) is 5.28 Å². The van der Waals surface area contributed by atoms with Crippen molar-refractivity contribution in [2.75, 3.05) is 0 Å². The molecule has 5 nitrogen and oxygen atoms in total. The Balaban J connectivity index is 0.00000127. The molecule has 0 bridgehead atoms. The molecular formula is C15H19Cl2N3O2S. The Kier molecular flexibility index (Phi) is 6.80. The van der Waals surface area contributed by atoms with Gasteiger partial charge in [-0.05, 0) is 44.5 Å². The van der Waals surface area contributed by atoms with E-state index in [1.807, 2.05) is 27.7 Å². The molecule has 2 heterocycles. The van der Waals surface area contributed by atoms with Crippen LogP contribution in [0.25, 0.3) is 11.0 Å². The monoisotopic (exact) mass is 375 g/mol. The Labute approximate surface area is 146 Å². The van der Waals surface area contributed by atoms with E-state index in [9.17, 15) is 8.42 Å². The Hall–Kier alpha value is -1.37. The number of rotatable bonds is 3. The minimum atomic E-state index is -3.73. The third-order valence-corrected chi connectivity index (χ3v) is 4.95. The van der Waals surface area contributed by atoms with Gasteiger partial charge in [0.1, 0.15) is 5.52 Å². The third-order valence-electron chi connectivity index (χ3n) is 2.75. The quantitative estimate of drug-likeness (QED) is 0.438. The molecule has 2 aromatic rings. The van der Waals surface area contributed by atoms with Gasteiger partial charge in [-0.15, -0.1) is 0 Å². The van der Waals surface area contributed by atoms with Crippen molar-refractivity contribution < 1.29 is 8.42 Å². The molecule has 0 spiro atoms. The standard InChI is InChI=1S/C13H13Cl2N3O2S.C2H6/c1-8(2)4-5-9(3)21(19,20)18-7-6-10-11(18)12(14)17-13(15)16-10;1-2/h4-7H,1-3H3;1-2H3/b9-5+;. The zero-order valence-corrected chi connectivity index (χ0v) is 16.0. The Morgan fingerprint density at radius 1 is 1.13 bits per heavy atom. The number of hydrogen-bond donors (Lipinski definition) is 0. The van der Waals surface area contributed by atoms with E-state index in [1.165, 1.54) is 19.2 Å². The molecular weight excluding hydrogens is 357 g/mol. The lowest BCUT2D eigenvalue weighted by Crippen LogP contribution is -2.12. The smallest absolute Gasteiger partial charge is 0.237 e. The minimum absolute atomic E-state index is 0.00594. The van der Waals surface area contributed by atoms with E-state index >= 15 is 0 Å². The van der Waals surface area contributed by atoms with Crippen molar-refractivity contribution in [3.8, 4) is 0 Å². The molecule has 0 aliphatic heterocycles. The maximum atomic E-state index is 12.6. The highest BCUT2D eigenvalue weighted by molar-refractivity contribution is 7.93. The number of hydrogen-bond acceptors (Lipinski definition) is 4. The van der Waals surface area contributed by atoms with Crippen LogP contribution in [-0.4, -0.2) is 22.4 Å². The Bertz CT molecular complexity index is 864. The molecule has 2 aromatic heterocycles. The van der Waals surface area contributed by atoms with E-state index in [-0.39, 0.29) is 20.9 Å². The summed E-state index contributed by atoms with van der Waals surface area (Å²) in [5.41, 5.74) is 1.58. The average Bonchev–Trinajstić information content (AvgIpc) is 2.91. The van der Waals surface area contributed by atoms with Gasteiger partial charge in [0.15, 0.2) is 5.15 Å². The highest BCUT2D eigenvalue weighted by Crippen LogP contribution is 2.26. The van der Waals surface area contributed by atoms with Crippen LogP contribution in [-0.2, 0) is 10.0 Å². The lowest BCUT2D eigenvalue weighted by Gasteiger charge is -2.08. The van der Waals surface area contributed by atoms with E-state index in [2.05, 4.69) is 9.97 Å². The van der Waals surface area contributed by atoms with Crippen LogP contribution >= 0.6 is 23.2 Å². The summed E-state index contributed by atoms with van der Waals surface area (Å²) in [7, 11) is -3.73. The Morgan fingerprint density at radius 2 is 1.74 bits per heavy atom. The van der Waals surface area contributed by atoms with Crippen LogP contribution < -0.4 is 0 Å². The summed E-state index contributed by atoms with van der Waals surface area (Å²) in [5.74, 6) is 0. The first kappa shape index (κ1) is 19.7. The van der Waals surface area contributed by atoms with E-state index in [0.717, 1.165) is 9.55 Å². The molecule has 0 saturated carbocycles. The van der Waals surface area contributed by atoms with E-state index in [1.54, 1.807) is 12.2 Å². The number of allylic oxidation sites excluding steroid dienone is 4. The molecule has 0 saturated heterocycles. The van der Waals surface area contributed by atoms with Crippen LogP contribution in [0.4, 0.5) is 0 Å².